The number of rotatable bonds is 3. The molecule has 0 heterocycles. The molecule has 0 atom stereocenters. The standard InChI is InChI=1S/C14H8F3NO3/c15-9-5-7(6-10(16)12(9)17)13(19)18-11-4-2-1-3-8(11)14(20)21/h1-6H,(H,18,19)(H,20,21). The Morgan fingerprint density at radius 2 is 1.57 bits per heavy atom. The van der Waals surface area contributed by atoms with Crippen LogP contribution in [0, 0.1) is 17.5 Å². The van der Waals surface area contributed by atoms with Crippen LogP contribution < -0.4 is 5.32 Å². The maximum Gasteiger partial charge on any atom is 0.337 e. The van der Waals surface area contributed by atoms with E-state index in [1.165, 1.54) is 24.3 Å². The van der Waals surface area contributed by atoms with Crippen LogP contribution in [0.2, 0.25) is 0 Å². The molecule has 1 amide bonds. The van der Waals surface area contributed by atoms with Gasteiger partial charge in [-0.2, -0.15) is 0 Å². The number of carboxylic acids is 1. The Kier molecular flexibility index (Phi) is 3.93. The molecule has 0 saturated heterocycles. The molecule has 2 aromatic carbocycles. The fourth-order valence-corrected chi connectivity index (χ4v) is 1.66. The smallest absolute Gasteiger partial charge is 0.337 e. The fourth-order valence-electron chi connectivity index (χ4n) is 1.66. The molecule has 0 saturated carbocycles. The predicted octanol–water partition coefficient (Wildman–Crippen LogP) is 3.05. The molecular weight excluding hydrogens is 287 g/mol. The summed E-state index contributed by atoms with van der Waals surface area (Å²) in [6, 6.07) is 6.56. The van der Waals surface area contributed by atoms with E-state index in [2.05, 4.69) is 5.32 Å². The molecular formula is C14H8F3NO3. The minimum absolute atomic E-state index is 0.0415. The molecule has 108 valence electrons. The summed E-state index contributed by atoms with van der Waals surface area (Å²) in [6.07, 6.45) is 0. The number of carboxylic acid groups (broad SMARTS) is 1. The van der Waals surface area contributed by atoms with Gasteiger partial charge < -0.3 is 10.4 Å². The van der Waals surface area contributed by atoms with Crippen molar-refractivity contribution in [2.24, 2.45) is 0 Å². The molecule has 7 heteroatoms. The van der Waals surface area contributed by atoms with Crippen LogP contribution in [0.25, 0.3) is 0 Å². The van der Waals surface area contributed by atoms with E-state index >= 15 is 0 Å². The van der Waals surface area contributed by atoms with Crippen LogP contribution in [0.15, 0.2) is 36.4 Å². The zero-order valence-electron chi connectivity index (χ0n) is 10.4. The van der Waals surface area contributed by atoms with Crippen molar-refractivity contribution in [1.29, 1.82) is 0 Å². The average Bonchev–Trinajstić information content (AvgIpc) is 2.44. The van der Waals surface area contributed by atoms with Gasteiger partial charge in [0.2, 0.25) is 0 Å². The second-order valence-electron chi connectivity index (χ2n) is 4.06. The fraction of sp³-hybridized carbons (Fsp3) is 0. The van der Waals surface area contributed by atoms with E-state index in [4.69, 9.17) is 5.11 Å². The first-order valence-corrected chi connectivity index (χ1v) is 5.68. The Morgan fingerprint density at radius 1 is 1.00 bits per heavy atom. The molecule has 4 nitrogen and oxygen atoms in total. The monoisotopic (exact) mass is 295 g/mol. The van der Waals surface area contributed by atoms with Gasteiger partial charge in [0.25, 0.3) is 5.91 Å². The highest BCUT2D eigenvalue weighted by Gasteiger charge is 2.17. The van der Waals surface area contributed by atoms with E-state index < -0.39 is 34.9 Å². The Hall–Kier alpha value is -2.83. The van der Waals surface area contributed by atoms with Crippen LogP contribution in [-0.4, -0.2) is 17.0 Å². The predicted molar refractivity (Wildman–Crippen MR) is 67.7 cm³/mol. The van der Waals surface area contributed by atoms with Gasteiger partial charge in [-0.25, -0.2) is 18.0 Å². The molecule has 2 N–H and O–H groups in total. The van der Waals surface area contributed by atoms with E-state index in [1.54, 1.807) is 0 Å². The number of carbonyl (C=O) groups is 2. The molecule has 0 bridgehead atoms. The molecule has 0 fully saturated rings. The SMILES string of the molecule is O=C(Nc1ccccc1C(=O)O)c1cc(F)c(F)c(F)c1. The van der Waals surface area contributed by atoms with Crippen LogP contribution in [0.1, 0.15) is 20.7 Å². The number of halogens is 3. The molecule has 21 heavy (non-hydrogen) atoms. The normalized spacial score (nSPS) is 10.2. The van der Waals surface area contributed by atoms with Crippen LogP contribution in [0.4, 0.5) is 18.9 Å². The quantitative estimate of drug-likeness (QED) is 0.855. The van der Waals surface area contributed by atoms with E-state index in [9.17, 15) is 22.8 Å². The summed E-state index contributed by atoms with van der Waals surface area (Å²) in [5.74, 6) is -6.93. The molecule has 0 radical (unpaired) electrons. The summed E-state index contributed by atoms with van der Waals surface area (Å²) < 4.78 is 38.9. The zero-order chi connectivity index (χ0) is 15.6. The lowest BCUT2D eigenvalue weighted by Gasteiger charge is -2.08. The number of hydrogen-bond acceptors (Lipinski definition) is 2. The number of amides is 1. The zero-order valence-corrected chi connectivity index (χ0v) is 10.4. The van der Waals surface area contributed by atoms with Crippen molar-refractivity contribution in [3.63, 3.8) is 0 Å². The second kappa shape index (κ2) is 5.66. The van der Waals surface area contributed by atoms with Gasteiger partial charge in [-0.1, -0.05) is 12.1 Å². The highest BCUT2D eigenvalue weighted by atomic mass is 19.2. The van der Waals surface area contributed by atoms with E-state index in [-0.39, 0.29) is 11.3 Å². The number of anilines is 1. The summed E-state index contributed by atoms with van der Waals surface area (Å²) in [7, 11) is 0. The molecule has 2 aromatic rings. The highest BCUT2D eigenvalue weighted by Crippen LogP contribution is 2.18. The van der Waals surface area contributed by atoms with Crippen LogP contribution in [-0.2, 0) is 0 Å². The Bertz CT molecular complexity index is 708. The molecule has 2 rings (SSSR count). The Labute approximate surface area is 116 Å². The van der Waals surface area contributed by atoms with Gasteiger partial charge in [-0.15, -0.1) is 0 Å². The van der Waals surface area contributed by atoms with Crippen LogP contribution >= 0.6 is 0 Å². The average molecular weight is 295 g/mol. The maximum absolute atomic E-state index is 13.1. The van der Waals surface area contributed by atoms with Gasteiger partial charge in [0.1, 0.15) is 0 Å². The number of nitrogens with one attached hydrogen (secondary N) is 1. The van der Waals surface area contributed by atoms with E-state index in [1.807, 2.05) is 0 Å². The lowest BCUT2D eigenvalue weighted by atomic mass is 10.1. The summed E-state index contributed by atoms with van der Waals surface area (Å²) in [6.45, 7) is 0. The van der Waals surface area contributed by atoms with Gasteiger partial charge >= 0.3 is 5.97 Å². The third-order valence-corrected chi connectivity index (χ3v) is 2.65. The highest BCUT2D eigenvalue weighted by molar-refractivity contribution is 6.07. The molecule has 0 aliphatic carbocycles. The molecule has 0 aliphatic rings. The number of aromatic carboxylic acids is 1. The van der Waals surface area contributed by atoms with Gasteiger partial charge in [0, 0.05) is 5.56 Å². The third kappa shape index (κ3) is 3.02. The Balaban J connectivity index is 2.33. The minimum atomic E-state index is -1.68. The number of para-hydroxylation sites is 1. The first kappa shape index (κ1) is 14.6. The maximum atomic E-state index is 13.1. The van der Waals surface area contributed by atoms with E-state index in [0.29, 0.717) is 12.1 Å². The van der Waals surface area contributed by atoms with Crippen LogP contribution in [0.5, 0.6) is 0 Å². The molecule has 0 aliphatic heterocycles. The molecule has 0 aromatic heterocycles. The number of benzene rings is 2. The largest absolute Gasteiger partial charge is 0.478 e. The van der Waals surface area contributed by atoms with Gasteiger partial charge in [0.15, 0.2) is 17.5 Å². The van der Waals surface area contributed by atoms with Crippen molar-refractivity contribution in [3.8, 4) is 0 Å². The summed E-state index contributed by atoms with van der Waals surface area (Å²) in [5.41, 5.74) is -0.694. The number of carbonyl (C=O) groups excluding carboxylic acids is 1. The summed E-state index contributed by atoms with van der Waals surface area (Å²) >= 11 is 0. The van der Waals surface area contributed by atoms with Crippen molar-refractivity contribution in [2.75, 3.05) is 5.32 Å². The van der Waals surface area contributed by atoms with E-state index in [0.717, 1.165) is 0 Å². The van der Waals surface area contributed by atoms with Crippen LogP contribution in [0.3, 0.4) is 0 Å². The second-order valence-corrected chi connectivity index (χ2v) is 4.06. The third-order valence-electron chi connectivity index (χ3n) is 2.65. The summed E-state index contributed by atoms with van der Waals surface area (Å²) in [5, 5.41) is 11.2. The van der Waals surface area contributed by atoms with Gasteiger partial charge in [-0.05, 0) is 24.3 Å². The minimum Gasteiger partial charge on any atom is -0.478 e. The van der Waals surface area contributed by atoms with Gasteiger partial charge in [-0.3, -0.25) is 4.79 Å². The van der Waals surface area contributed by atoms with Crippen molar-refractivity contribution in [3.05, 3.63) is 65.0 Å². The summed E-state index contributed by atoms with van der Waals surface area (Å²) in [4.78, 5) is 22.8. The lowest BCUT2D eigenvalue weighted by molar-refractivity contribution is 0.0698. The topological polar surface area (TPSA) is 66.4 Å². The van der Waals surface area contributed by atoms with Crippen molar-refractivity contribution < 1.29 is 27.9 Å². The van der Waals surface area contributed by atoms with Crippen molar-refractivity contribution >= 4 is 17.6 Å². The molecule has 0 unspecified atom stereocenters. The lowest BCUT2D eigenvalue weighted by Crippen LogP contribution is -2.15. The number of hydrogen-bond donors (Lipinski definition) is 2. The van der Waals surface area contributed by atoms with Crippen molar-refractivity contribution in [1.82, 2.24) is 0 Å². The van der Waals surface area contributed by atoms with Crippen molar-refractivity contribution in [2.45, 2.75) is 0 Å². The molecule has 0 spiro atoms. The Morgan fingerprint density at radius 3 is 2.14 bits per heavy atom. The van der Waals surface area contributed by atoms with Gasteiger partial charge in [0.05, 0.1) is 11.3 Å². The first-order valence-electron chi connectivity index (χ1n) is 5.68. The first-order chi connectivity index (χ1) is 9.90.